The molecule has 1 aromatic heterocycles. The lowest BCUT2D eigenvalue weighted by Crippen LogP contribution is -2.36. The molecule has 0 spiro atoms. The van der Waals surface area contributed by atoms with E-state index in [1.165, 1.54) is 11.3 Å². The van der Waals surface area contributed by atoms with Gasteiger partial charge in [0.15, 0.2) is 0 Å². The fourth-order valence-electron chi connectivity index (χ4n) is 3.11. The Morgan fingerprint density at radius 3 is 2.62 bits per heavy atom. The molecule has 1 aliphatic rings. The van der Waals surface area contributed by atoms with E-state index in [1.54, 1.807) is 24.6 Å². The summed E-state index contributed by atoms with van der Waals surface area (Å²) in [6.45, 7) is 2.29. The van der Waals surface area contributed by atoms with Crippen LogP contribution < -0.4 is 9.46 Å². The molecule has 0 bridgehead atoms. The fraction of sp³-hybridized carbons (Fsp3) is 0.412. The molecule has 1 N–H and O–H groups in total. The van der Waals surface area contributed by atoms with E-state index in [0.717, 1.165) is 37.2 Å². The molecule has 1 aromatic carbocycles. The number of methoxy groups -OCH3 is 1. The number of hydrogen-bond donors (Lipinski definition) is 1. The third-order valence-electron chi connectivity index (χ3n) is 4.31. The molecule has 0 aliphatic carbocycles. The van der Waals surface area contributed by atoms with Gasteiger partial charge >= 0.3 is 0 Å². The summed E-state index contributed by atoms with van der Waals surface area (Å²) in [5.41, 5.74) is 1.02. The molecule has 24 heavy (non-hydrogen) atoms. The Kier molecular flexibility index (Phi) is 5.55. The number of hydrogen-bond acceptors (Lipinski definition) is 5. The first kappa shape index (κ1) is 17.4. The Bertz CT molecular complexity index is 754. The Balaban J connectivity index is 1.83. The molecule has 0 radical (unpaired) electrons. The van der Waals surface area contributed by atoms with Crippen LogP contribution in [0.5, 0.6) is 5.75 Å². The average molecular weight is 367 g/mol. The van der Waals surface area contributed by atoms with Crippen molar-refractivity contribution in [3.63, 3.8) is 0 Å². The van der Waals surface area contributed by atoms with Gasteiger partial charge in [-0.15, -0.1) is 11.3 Å². The summed E-state index contributed by atoms with van der Waals surface area (Å²) in [6.07, 6.45) is 2.28. The van der Waals surface area contributed by atoms with Gasteiger partial charge in [0.2, 0.25) is 10.0 Å². The van der Waals surface area contributed by atoms with Crippen LogP contribution in [0.2, 0.25) is 0 Å². The van der Waals surface area contributed by atoms with Gasteiger partial charge in [-0.05, 0) is 43.4 Å². The van der Waals surface area contributed by atoms with Crippen molar-refractivity contribution in [3.8, 4) is 5.75 Å². The largest absolute Gasteiger partial charge is 0.496 e. The Hall–Kier alpha value is -1.41. The van der Waals surface area contributed by atoms with Gasteiger partial charge in [-0.1, -0.05) is 24.3 Å². The second-order valence-electron chi connectivity index (χ2n) is 5.78. The third kappa shape index (κ3) is 3.80. The van der Waals surface area contributed by atoms with Crippen molar-refractivity contribution in [2.45, 2.75) is 23.1 Å². The molecule has 7 heteroatoms. The lowest BCUT2D eigenvalue weighted by atomic mass is 10.0. The highest BCUT2D eigenvalue weighted by Crippen LogP contribution is 2.31. The van der Waals surface area contributed by atoms with E-state index in [0.29, 0.717) is 10.8 Å². The van der Waals surface area contributed by atoms with Crippen molar-refractivity contribution in [2.75, 3.05) is 26.7 Å². The fourth-order valence-corrected chi connectivity index (χ4v) is 5.18. The van der Waals surface area contributed by atoms with E-state index in [-0.39, 0.29) is 6.04 Å². The molecule has 1 saturated heterocycles. The summed E-state index contributed by atoms with van der Waals surface area (Å²) in [5, 5.41) is 1.77. The first-order chi connectivity index (χ1) is 11.6. The normalized spacial score (nSPS) is 17.0. The van der Waals surface area contributed by atoms with E-state index < -0.39 is 10.0 Å². The zero-order valence-corrected chi connectivity index (χ0v) is 15.3. The van der Waals surface area contributed by atoms with Gasteiger partial charge in [0.05, 0.1) is 13.2 Å². The molecule has 1 aliphatic heterocycles. The van der Waals surface area contributed by atoms with Crippen LogP contribution in [0.4, 0.5) is 0 Å². The van der Waals surface area contributed by atoms with Crippen LogP contribution in [0.15, 0.2) is 46.0 Å². The summed E-state index contributed by atoms with van der Waals surface area (Å²) in [7, 11) is -1.82. The molecule has 2 aromatic rings. The van der Waals surface area contributed by atoms with Crippen molar-refractivity contribution in [1.82, 2.24) is 9.62 Å². The molecule has 2 heterocycles. The van der Waals surface area contributed by atoms with E-state index in [9.17, 15) is 8.42 Å². The molecule has 1 unspecified atom stereocenters. The molecule has 0 amide bonds. The summed E-state index contributed by atoms with van der Waals surface area (Å²) >= 11 is 1.23. The summed E-state index contributed by atoms with van der Waals surface area (Å²) < 4.78 is 33.5. The van der Waals surface area contributed by atoms with Gasteiger partial charge in [0.25, 0.3) is 0 Å². The lowest BCUT2D eigenvalue weighted by Gasteiger charge is -2.29. The molecule has 5 nitrogen and oxygen atoms in total. The van der Waals surface area contributed by atoms with Crippen LogP contribution in [-0.2, 0) is 10.0 Å². The standard InChI is InChI=1S/C17H22N2O3S2/c1-22-16-8-3-2-7-14(16)15(19-10-4-5-11-19)13-18-24(20,21)17-9-6-12-23-17/h2-3,6-9,12,15,18H,4-5,10-11,13H2,1H3. The molecular weight excluding hydrogens is 344 g/mol. The predicted octanol–water partition coefficient (Wildman–Crippen LogP) is 2.87. The summed E-state index contributed by atoms with van der Waals surface area (Å²) in [4.78, 5) is 2.33. The monoisotopic (exact) mass is 366 g/mol. The van der Waals surface area contributed by atoms with Crippen LogP contribution in [0.25, 0.3) is 0 Å². The van der Waals surface area contributed by atoms with Gasteiger partial charge in [-0.3, -0.25) is 4.90 Å². The number of nitrogens with one attached hydrogen (secondary N) is 1. The summed E-state index contributed by atoms with van der Waals surface area (Å²) in [5.74, 6) is 0.796. The third-order valence-corrected chi connectivity index (χ3v) is 7.13. The number of nitrogens with zero attached hydrogens (tertiary/aromatic N) is 1. The van der Waals surface area contributed by atoms with Crippen molar-refractivity contribution in [3.05, 3.63) is 47.3 Å². The Morgan fingerprint density at radius 2 is 1.96 bits per heavy atom. The van der Waals surface area contributed by atoms with Gasteiger partial charge in [0, 0.05) is 12.1 Å². The maximum Gasteiger partial charge on any atom is 0.250 e. The molecular formula is C17H22N2O3S2. The highest BCUT2D eigenvalue weighted by molar-refractivity contribution is 7.91. The number of rotatable bonds is 7. The topological polar surface area (TPSA) is 58.6 Å². The molecule has 130 valence electrons. The second kappa shape index (κ2) is 7.65. The SMILES string of the molecule is COc1ccccc1C(CNS(=O)(=O)c1cccs1)N1CCCC1. The maximum atomic E-state index is 12.4. The minimum absolute atomic E-state index is 0.0293. The van der Waals surface area contributed by atoms with Crippen LogP contribution in [0.1, 0.15) is 24.4 Å². The maximum absolute atomic E-state index is 12.4. The van der Waals surface area contributed by atoms with E-state index in [2.05, 4.69) is 9.62 Å². The van der Waals surface area contributed by atoms with Gasteiger partial charge in [-0.25, -0.2) is 13.1 Å². The summed E-state index contributed by atoms with van der Waals surface area (Å²) in [6, 6.07) is 11.2. The van der Waals surface area contributed by atoms with Gasteiger partial charge in [-0.2, -0.15) is 0 Å². The Morgan fingerprint density at radius 1 is 1.21 bits per heavy atom. The molecule has 3 rings (SSSR count). The van der Waals surface area contributed by atoms with E-state index >= 15 is 0 Å². The van der Waals surface area contributed by atoms with Crippen LogP contribution in [0, 0.1) is 0 Å². The molecule has 1 atom stereocenters. The Labute approximate surface area is 147 Å². The van der Waals surface area contributed by atoms with Crippen LogP contribution in [0.3, 0.4) is 0 Å². The van der Waals surface area contributed by atoms with Crippen molar-refractivity contribution in [2.24, 2.45) is 0 Å². The number of para-hydroxylation sites is 1. The van der Waals surface area contributed by atoms with Crippen molar-refractivity contribution in [1.29, 1.82) is 0 Å². The number of thiophene rings is 1. The van der Waals surface area contributed by atoms with Gasteiger partial charge in [0.1, 0.15) is 9.96 Å². The lowest BCUT2D eigenvalue weighted by molar-refractivity contribution is 0.240. The number of sulfonamides is 1. The quantitative estimate of drug-likeness (QED) is 0.819. The minimum atomic E-state index is -3.47. The second-order valence-corrected chi connectivity index (χ2v) is 8.73. The van der Waals surface area contributed by atoms with Gasteiger partial charge < -0.3 is 4.74 Å². The zero-order chi connectivity index (χ0) is 17.0. The smallest absolute Gasteiger partial charge is 0.250 e. The highest BCUT2D eigenvalue weighted by Gasteiger charge is 2.27. The van der Waals surface area contributed by atoms with Crippen molar-refractivity contribution >= 4 is 21.4 Å². The first-order valence-electron chi connectivity index (χ1n) is 8.02. The number of likely N-dealkylation sites (tertiary alicyclic amines) is 1. The molecule has 1 fully saturated rings. The zero-order valence-electron chi connectivity index (χ0n) is 13.6. The number of ether oxygens (including phenoxy) is 1. The first-order valence-corrected chi connectivity index (χ1v) is 10.4. The van der Waals surface area contributed by atoms with E-state index in [1.807, 2.05) is 24.3 Å². The predicted molar refractivity (Wildman–Crippen MR) is 96.0 cm³/mol. The average Bonchev–Trinajstić information content (AvgIpc) is 3.29. The van der Waals surface area contributed by atoms with Crippen LogP contribution >= 0.6 is 11.3 Å². The minimum Gasteiger partial charge on any atom is -0.496 e. The highest BCUT2D eigenvalue weighted by atomic mass is 32.2. The molecule has 0 saturated carbocycles. The van der Waals surface area contributed by atoms with Crippen molar-refractivity contribution < 1.29 is 13.2 Å². The van der Waals surface area contributed by atoms with E-state index in [4.69, 9.17) is 4.74 Å². The van der Waals surface area contributed by atoms with Crippen LogP contribution in [-0.4, -0.2) is 40.1 Å². The number of benzene rings is 1.